The van der Waals surface area contributed by atoms with Crippen LogP contribution >= 0.6 is 0 Å². The molecule has 0 aliphatic heterocycles. The number of ether oxygens (including phenoxy) is 1. The SMILES string of the molecule is COCCc1noc([C@@H](N)CCS(C)(=O)=O)n1. The largest absolute Gasteiger partial charge is 0.384 e. The van der Waals surface area contributed by atoms with E-state index in [4.69, 9.17) is 15.0 Å². The molecule has 0 aliphatic rings. The maximum absolute atomic E-state index is 11.0. The van der Waals surface area contributed by atoms with Crippen LogP contribution < -0.4 is 5.73 Å². The lowest BCUT2D eigenvalue weighted by Gasteiger charge is -2.04. The first-order chi connectivity index (χ1) is 7.92. The smallest absolute Gasteiger partial charge is 0.243 e. The van der Waals surface area contributed by atoms with E-state index in [9.17, 15) is 8.42 Å². The first-order valence-electron chi connectivity index (χ1n) is 5.17. The number of sulfone groups is 1. The molecule has 7 nitrogen and oxygen atoms in total. The van der Waals surface area contributed by atoms with Gasteiger partial charge in [0.15, 0.2) is 5.82 Å². The second-order valence-corrected chi connectivity index (χ2v) is 6.08. The Balaban J connectivity index is 2.51. The lowest BCUT2D eigenvalue weighted by molar-refractivity contribution is 0.199. The fourth-order valence-corrected chi connectivity index (χ4v) is 1.86. The summed E-state index contributed by atoms with van der Waals surface area (Å²) in [4.78, 5) is 4.07. The van der Waals surface area contributed by atoms with Crippen LogP contribution in [0.2, 0.25) is 0 Å². The van der Waals surface area contributed by atoms with E-state index < -0.39 is 15.9 Å². The molecule has 0 radical (unpaired) electrons. The molecule has 8 heteroatoms. The fourth-order valence-electron chi connectivity index (χ4n) is 1.18. The summed E-state index contributed by atoms with van der Waals surface area (Å²) in [5, 5.41) is 3.72. The van der Waals surface area contributed by atoms with Gasteiger partial charge in [-0.3, -0.25) is 0 Å². The summed E-state index contributed by atoms with van der Waals surface area (Å²) in [6.07, 6.45) is 1.97. The molecular formula is C9H17N3O4S. The first-order valence-corrected chi connectivity index (χ1v) is 7.23. The third kappa shape index (κ3) is 5.24. The van der Waals surface area contributed by atoms with Crippen LogP contribution in [0.15, 0.2) is 4.52 Å². The molecule has 0 fully saturated rings. The standard InChI is InChI=1S/C9H17N3O4S/c1-15-5-3-8-11-9(16-12-8)7(10)4-6-17(2,13)14/h7H,3-6,10H2,1-2H3/t7-/m0/s1. The van der Waals surface area contributed by atoms with Crippen LogP contribution in [0.5, 0.6) is 0 Å². The number of rotatable bonds is 7. The molecule has 98 valence electrons. The zero-order chi connectivity index (χ0) is 12.9. The van der Waals surface area contributed by atoms with Gasteiger partial charge in [0, 0.05) is 19.8 Å². The molecule has 2 N–H and O–H groups in total. The third-order valence-electron chi connectivity index (χ3n) is 2.13. The number of nitrogens with zero attached hydrogens (tertiary/aromatic N) is 2. The van der Waals surface area contributed by atoms with Crippen molar-refractivity contribution < 1.29 is 17.7 Å². The van der Waals surface area contributed by atoms with E-state index in [0.717, 1.165) is 6.26 Å². The minimum absolute atomic E-state index is 0.00392. The van der Waals surface area contributed by atoms with E-state index >= 15 is 0 Å². The van der Waals surface area contributed by atoms with Gasteiger partial charge in [0.05, 0.1) is 18.4 Å². The Bertz CT molecular complexity index is 443. The second kappa shape index (κ2) is 6.08. The maximum Gasteiger partial charge on any atom is 0.243 e. The second-order valence-electron chi connectivity index (χ2n) is 3.82. The Morgan fingerprint density at radius 1 is 1.53 bits per heavy atom. The van der Waals surface area contributed by atoms with E-state index in [1.54, 1.807) is 7.11 Å². The average Bonchev–Trinajstić information content (AvgIpc) is 2.70. The van der Waals surface area contributed by atoms with E-state index in [1.807, 2.05) is 0 Å². The van der Waals surface area contributed by atoms with Gasteiger partial charge in [-0.1, -0.05) is 5.16 Å². The quantitative estimate of drug-likeness (QED) is 0.718. The summed E-state index contributed by atoms with van der Waals surface area (Å²) in [7, 11) is -1.44. The number of hydrogen-bond donors (Lipinski definition) is 1. The van der Waals surface area contributed by atoms with Gasteiger partial charge in [-0.05, 0) is 6.42 Å². The van der Waals surface area contributed by atoms with Crippen molar-refractivity contribution >= 4 is 9.84 Å². The number of nitrogens with two attached hydrogens (primary N) is 1. The van der Waals surface area contributed by atoms with Crippen LogP contribution in [-0.4, -0.2) is 44.3 Å². The molecule has 17 heavy (non-hydrogen) atoms. The molecule has 0 aromatic carbocycles. The Morgan fingerprint density at radius 2 is 2.24 bits per heavy atom. The molecule has 0 spiro atoms. The molecular weight excluding hydrogens is 246 g/mol. The highest BCUT2D eigenvalue weighted by molar-refractivity contribution is 7.90. The summed E-state index contributed by atoms with van der Waals surface area (Å²) >= 11 is 0. The summed E-state index contributed by atoms with van der Waals surface area (Å²) in [6.45, 7) is 0.498. The fraction of sp³-hybridized carbons (Fsp3) is 0.778. The van der Waals surface area contributed by atoms with E-state index in [0.29, 0.717) is 18.9 Å². The third-order valence-corrected chi connectivity index (χ3v) is 3.11. The molecule has 0 bridgehead atoms. The first kappa shape index (κ1) is 14.1. The Hall–Kier alpha value is -0.990. The van der Waals surface area contributed by atoms with Crippen LogP contribution in [0.3, 0.4) is 0 Å². The van der Waals surface area contributed by atoms with Crippen molar-refractivity contribution in [2.24, 2.45) is 5.73 Å². The number of aromatic nitrogens is 2. The summed E-state index contributed by atoms with van der Waals surface area (Å²) in [5.41, 5.74) is 5.75. The van der Waals surface area contributed by atoms with Gasteiger partial charge in [0.25, 0.3) is 0 Å². The lowest BCUT2D eigenvalue weighted by Crippen LogP contribution is -2.16. The average molecular weight is 263 g/mol. The van der Waals surface area contributed by atoms with Crippen molar-refractivity contribution in [3.05, 3.63) is 11.7 Å². The van der Waals surface area contributed by atoms with Gasteiger partial charge < -0.3 is 15.0 Å². The van der Waals surface area contributed by atoms with E-state index in [1.165, 1.54) is 0 Å². The summed E-state index contributed by atoms with van der Waals surface area (Å²) in [5.74, 6) is 0.778. The lowest BCUT2D eigenvalue weighted by atomic mass is 10.2. The van der Waals surface area contributed by atoms with Crippen molar-refractivity contribution in [2.45, 2.75) is 18.9 Å². The molecule has 1 aromatic rings. The predicted molar refractivity (Wildman–Crippen MR) is 61.1 cm³/mol. The van der Waals surface area contributed by atoms with Gasteiger partial charge in [0.1, 0.15) is 9.84 Å². The van der Waals surface area contributed by atoms with Crippen molar-refractivity contribution in [2.75, 3.05) is 25.7 Å². The van der Waals surface area contributed by atoms with Crippen LogP contribution in [0.1, 0.15) is 24.2 Å². The molecule has 0 amide bonds. The van der Waals surface area contributed by atoms with Crippen LogP contribution in [0, 0.1) is 0 Å². The minimum atomic E-state index is -3.02. The monoisotopic (exact) mass is 263 g/mol. The van der Waals surface area contributed by atoms with Crippen molar-refractivity contribution in [3.8, 4) is 0 Å². The highest BCUT2D eigenvalue weighted by atomic mass is 32.2. The summed E-state index contributed by atoms with van der Waals surface area (Å²) < 4.78 is 31.8. The van der Waals surface area contributed by atoms with E-state index in [2.05, 4.69) is 10.1 Å². The van der Waals surface area contributed by atoms with Crippen LogP contribution in [0.4, 0.5) is 0 Å². The van der Waals surface area contributed by atoms with Gasteiger partial charge in [-0.2, -0.15) is 4.98 Å². The zero-order valence-corrected chi connectivity index (χ0v) is 10.7. The van der Waals surface area contributed by atoms with Crippen LogP contribution in [0.25, 0.3) is 0 Å². The highest BCUT2D eigenvalue weighted by Gasteiger charge is 2.16. The molecule has 1 aromatic heterocycles. The molecule has 0 aliphatic carbocycles. The van der Waals surface area contributed by atoms with Crippen molar-refractivity contribution in [3.63, 3.8) is 0 Å². The number of hydrogen-bond acceptors (Lipinski definition) is 7. The molecule has 0 saturated carbocycles. The molecule has 1 atom stereocenters. The van der Waals surface area contributed by atoms with Crippen LogP contribution in [-0.2, 0) is 21.0 Å². The molecule has 1 rings (SSSR count). The highest BCUT2D eigenvalue weighted by Crippen LogP contribution is 2.12. The van der Waals surface area contributed by atoms with Gasteiger partial charge in [-0.15, -0.1) is 0 Å². The minimum Gasteiger partial charge on any atom is -0.384 e. The van der Waals surface area contributed by atoms with Crippen molar-refractivity contribution in [1.82, 2.24) is 10.1 Å². The zero-order valence-electron chi connectivity index (χ0n) is 9.92. The molecule has 0 unspecified atom stereocenters. The summed E-state index contributed by atoms with van der Waals surface area (Å²) in [6, 6.07) is -0.548. The van der Waals surface area contributed by atoms with Crippen molar-refractivity contribution in [1.29, 1.82) is 0 Å². The van der Waals surface area contributed by atoms with E-state index in [-0.39, 0.29) is 18.1 Å². The Morgan fingerprint density at radius 3 is 2.82 bits per heavy atom. The number of methoxy groups -OCH3 is 1. The van der Waals surface area contributed by atoms with Gasteiger partial charge in [-0.25, -0.2) is 8.42 Å². The van der Waals surface area contributed by atoms with Gasteiger partial charge in [0.2, 0.25) is 5.89 Å². The maximum atomic E-state index is 11.0. The predicted octanol–water partition coefficient (Wildman–Crippen LogP) is -0.307. The Labute approximate surface area is 100 Å². The normalized spacial score (nSPS) is 13.8. The topological polar surface area (TPSA) is 108 Å². The Kier molecular flexibility index (Phi) is 5.03. The molecule has 1 heterocycles. The van der Waals surface area contributed by atoms with Gasteiger partial charge >= 0.3 is 0 Å². The molecule has 0 saturated heterocycles.